The van der Waals surface area contributed by atoms with E-state index in [2.05, 4.69) is 15.8 Å². The van der Waals surface area contributed by atoms with Crippen LogP contribution in [0, 0.1) is 0 Å². The van der Waals surface area contributed by atoms with E-state index in [1.54, 1.807) is 23.9 Å². The molecule has 2 aliphatic heterocycles. The Morgan fingerprint density at radius 3 is 2.92 bits per heavy atom. The van der Waals surface area contributed by atoms with E-state index in [0.717, 1.165) is 18.6 Å². The van der Waals surface area contributed by atoms with Crippen molar-refractivity contribution in [3.05, 3.63) is 65.6 Å². The highest BCUT2D eigenvalue weighted by Crippen LogP contribution is 2.26. The normalized spacial score (nSPS) is 22.6. The van der Waals surface area contributed by atoms with Gasteiger partial charge in [-0.3, -0.25) is 9.79 Å². The monoisotopic (exact) mass is 365 g/mol. The number of hydrogen-bond donors (Lipinski definition) is 0. The van der Waals surface area contributed by atoms with Crippen LogP contribution in [0.1, 0.15) is 16.8 Å². The average Bonchev–Trinajstić information content (AvgIpc) is 3.22. The fraction of sp³-hybridized carbons (Fsp3) is 0.222. The number of alkyl halides is 3. The Labute approximate surface area is 147 Å². The van der Waals surface area contributed by atoms with Crippen LogP contribution in [-0.2, 0) is 0 Å². The molecule has 1 aromatic carbocycles. The minimum absolute atomic E-state index is 0.126. The number of Topliss-reactive ketones (excluding diaryl/α,β-unsaturated/α-hetero) is 1. The topological polar surface area (TPSA) is 38.7 Å². The van der Waals surface area contributed by atoms with Crippen molar-refractivity contribution in [1.82, 2.24) is 0 Å². The third-order valence-electron chi connectivity index (χ3n) is 3.56. The maximum Gasteiger partial charge on any atom is 0.573 e. The highest BCUT2D eigenvalue weighted by atomic mass is 32.2. The minimum Gasteiger partial charge on any atom is -0.406 e. The molecule has 25 heavy (non-hydrogen) atoms. The molecule has 3 rings (SSSR count). The number of ether oxygens (including phenoxy) is 1. The number of nitrogens with zero attached hydrogens (tertiary/aromatic N) is 1. The van der Waals surface area contributed by atoms with E-state index in [9.17, 15) is 18.0 Å². The summed E-state index contributed by atoms with van der Waals surface area (Å²) in [5.41, 5.74) is 0.800. The third-order valence-corrected chi connectivity index (χ3v) is 4.61. The smallest absolute Gasteiger partial charge is 0.406 e. The minimum atomic E-state index is -4.79. The number of thioether (sulfide) groups is 1. The van der Waals surface area contributed by atoms with Gasteiger partial charge in [0.25, 0.3) is 0 Å². The molecule has 0 amide bonds. The largest absolute Gasteiger partial charge is 0.573 e. The molecule has 2 heterocycles. The van der Waals surface area contributed by atoms with Crippen molar-refractivity contribution in [3.63, 3.8) is 0 Å². The molecule has 0 bridgehead atoms. The van der Waals surface area contributed by atoms with Gasteiger partial charge < -0.3 is 4.74 Å². The van der Waals surface area contributed by atoms with Gasteiger partial charge in [0.15, 0.2) is 5.78 Å². The molecule has 0 aliphatic carbocycles. The van der Waals surface area contributed by atoms with Crippen LogP contribution < -0.4 is 4.74 Å². The molecule has 0 spiro atoms. The molecule has 3 nitrogen and oxygen atoms in total. The van der Waals surface area contributed by atoms with Gasteiger partial charge in [0.05, 0.1) is 5.71 Å². The van der Waals surface area contributed by atoms with Crippen molar-refractivity contribution in [2.75, 3.05) is 0 Å². The molecule has 2 atom stereocenters. The first-order valence-electron chi connectivity index (χ1n) is 7.55. The van der Waals surface area contributed by atoms with E-state index in [1.807, 2.05) is 17.6 Å². The maximum atomic E-state index is 12.4. The van der Waals surface area contributed by atoms with Gasteiger partial charge in [-0.2, -0.15) is 0 Å². The molecular formula is C18H14F3NO2S. The Kier molecular flexibility index (Phi) is 5.13. The summed E-state index contributed by atoms with van der Waals surface area (Å²) in [7, 11) is 0. The Hall–Kier alpha value is -2.28. The fourth-order valence-electron chi connectivity index (χ4n) is 2.43. The molecular weight excluding hydrogens is 351 g/mol. The van der Waals surface area contributed by atoms with Gasteiger partial charge in [0, 0.05) is 10.8 Å². The fourth-order valence-corrected chi connectivity index (χ4v) is 3.25. The number of allylic oxidation sites excluding steroid dienone is 3. The first-order chi connectivity index (χ1) is 11.9. The zero-order valence-corrected chi connectivity index (χ0v) is 13.8. The number of halogens is 3. The Morgan fingerprint density at radius 2 is 2.20 bits per heavy atom. The zero-order chi connectivity index (χ0) is 17.9. The number of hydrogen-bond acceptors (Lipinski definition) is 4. The number of carbonyl (C=O) groups excluding carboxylic acids is 1. The van der Waals surface area contributed by atoms with Gasteiger partial charge in [-0.15, -0.1) is 24.9 Å². The predicted molar refractivity (Wildman–Crippen MR) is 92.1 cm³/mol. The van der Waals surface area contributed by atoms with Crippen molar-refractivity contribution in [3.8, 4) is 5.75 Å². The van der Waals surface area contributed by atoms with Crippen LogP contribution in [0.4, 0.5) is 13.2 Å². The molecule has 130 valence electrons. The number of aliphatic imine (C=N–C) groups is 1. The summed E-state index contributed by atoms with van der Waals surface area (Å²) >= 11 is 1.72. The highest BCUT2D eigenvalue weighted by molar-refractivity contribution is 8.03. The second-order valence-corrected chi connectivity index (χ2v) is 6.59. The van der Waals surface area contributed by atoms with Crippen LogP contribution >= 0.6 is 11.8 Å². The van der Waals surface area contributed by atoms with Crippen LogP contribution in [-0.4, -0.2) is 29.1 Å². The van der Waals surface area contributed by atoms with Gasteiger partial charge in [0.1, 0.15) is 11.8 Å². The molecule has 1 aromatic rings. The van der Waals surface area contributed by atoms with Crippen molar-refractivity contribution in [2.45, 2.75) is 24.1 Å². The third kappa shape index (κ3) is 4.85. The lowest BCUT2D eigenvalue weighted by Crippen LogP contribution is -2.18. The Morgan fingerprint density at radius 1 is 1.36 bits per heavy atom. The highest BCUT2D eigenvalue weighted by Gasteiger charge is 2.31. The first-order valence-corrected chi connectivity index (χ1v) is 8.50. The van der Waals surface area contributed by atoms with Crippen molar-refractivity contribution >= 4 is 23.3 Å². The summed E-state index contributed by atoms with van der Waals surface area (Å²) in [5, 5.41) is 2.42. The zero-order valence-electron chi connectivity index (χ0n) is 12.9. The molecule has 7 heteroatoms. The van der Waals surface area contributed by atoms with E-state index in [1.165, 1.54) is 12.1 Å². The van der Waals surface area contributed by atoms with E-state index in [4.69, 9.17) is 0 Å². The van der Waals surface area contributed by atoms with E-state index >= 15 is 0 Å². The lowest BCUT2D eigenvalue weighted by atomic mass is 10.0. The van der Waals surface area contributed by atoms with Crippen LogP contribution in [0.2, 0.25) is 0 Å². The molecule has 0 radical (unpaired) electrons. The van der Waals surface area contributed by atoms with Crippen molar-refractivity contribution < 1.29 is 22.7 Å². The van der Waals surface area contributed by atoms with Crippen molar-refractivity contribution in [2.24, 2.45) is 4.99 Å². The molecule has 0 aromatic heterocycles. The Balaban J connectivity index is 1.67. The standard InChI is InChI=1S/C18H14F3NO2S/c19-18(20,21)24-14-4-1-3-12(11-14)17(23)16-9-7-13(22-16)6-8-15-5-2-10-25-15/h1-4,6-11,15-16H,5H2/b8-6+. The number of carbonyl (C=O) groups is 1. The van der Waals surface area contributed by atoms with Crippen LogP contribution in [0.15, 0.2) is 65.0 Å². The molecule has 0 N–H and O–H groups in total. The van der Waals surface area contributed by atoms with Gasteiger partial charge in [-0.05, 0) is 36.1 Å². The Bertz CT molecular complexity index is 773. The summed E-state index contributed by atoms with van der Waals surface area (Å²) < 4.78 is 40.7. The van der Waals surface area contributed by atoms with E-state index in [0.29, 0.717) is 11.0 Å². The summed E-state index contributed by atoms with van der Waals surface area (Å²) in [6, 6.07) is 4.30. The SMILES string of the molecule is O=C(c1cccc(OC(F)(F)F)c1)C1C=CC(/C=C/C2CC=CS2)=N1. The quantitative estimate of drug-likeness (QED) is 0.709. The van der Waals surface area contributed by atoms with Gasteiger partial charge in [0.2, 0.25) is 0 Å². The summed E-state index contributed by atoms with van der Waals surface area (Å²) in [4.78, 5) is 16.7. The summed E-state index contributed by atoms with van der Waals surface area (Å²) in [6.45, 7) is 0. The second-order valence-electron chi connectivity index (χ2n) is 5.44. The lowest BCUT2D eigenvalue weighted by Gasteiger charge is -2.10. The van der Waals surface area contributed by atoms with Crippen LogP contribution in [0.3, 0.4) is 0 Å². The molecule has 2 unspecified atom stereocenters. The van der Waals surface area contributed by atoms with Crippen LogP contribution in [0.25, 0.3) is 0 Å². The number of rotatable bonds is 5. The summed E-state index contributed by atoms with van der Waals surface area (Å²) in [5.74, 6) is -0.792. The van der Waals surface area contributed by atoms with Crippen LogP contribution in [0.5, 0.6) is 5.75 Å². The number of benzene rings is 1. The van der Waals surface area contributed by atoms with Gasteiger partial charge in [-0.25, -0.2) is 0 Å². The van der Waals surface area contributed by atoms with E-state index < -0.39 is 18.2 Å². The van der Waals surface area contributed by atoms with Crippen molar-refractivity contribution in [1.29, 1.82) is 0 Å². The molecule has 0 fully saturated rings. The molecule has 0 saturated carbocycles. The number of ketones is 1. The summed E-state index contributed by atoms with van der Waals surface area (Å²) in [6.07, 6.45) is 5.52. The first kappa shape index (κ1) is 17.5. The maximum absolute atomic E-state index is 12.4. The van der Waals surface area contributed by atoms with Gasteiger partial charge >= 0.3 is 6.36 Å². The van der Waals surface area contributed by atoms with E-state index in [-0.39, 0.29) is 11.3 Å². The molecule has 2 aliphatic rings. The average molecular weight is 365 g/mol. The predicted octanol–water partition coefficient (Wildman–Crippen LogP) is 4.72. The second kappa shape index (κ2) is 7.31. The van der Waals surface area contributed by atoms with Gasteiger partial charge in [-0.1, -0.05) is 30.4 Å². The molecule has 0 saturated heterocycles. The lowest BCUT2D eigenvalue weighted by molar-refractivity contribution is -0.274.